The van der Waals surface area contributed by atoms with Gasteiger partial charge in [0, 0.05) is 23.4 Å². The Morgan fingerprint density at radius 1 is 1.08 bits per heavy atom. The summed E-state index contributed by atoms with van der Waals surface area (Å²) in [5.74, 6) is 0.799. The first kappa shape index (κ1) is 16.5. The van der Waals surface area contributed by atoms with E-state index in [9.17, 15) is 4.79 Å². The minimum Gasteiger partial charge on any atom is -0.348 e. The number of Topliss-reactive ketones (excluding diaryl/α,β-unsaturated/α-hetero) is 1. The average molecular weight is 339 g/mol. The van der Waals surface area contributed by atoms with Crippen molar-refractivity contribution in [2.75, 3.05) is 0 Å². The molecule has 0 amide bonds. The Labute approximate surface area is 147 Å². The van der Waals surface area contributed by atoms with E-state index >= 15 is 0 Å². The zero-order chi connectivity index (χ0) is 16.0. The Balaban J connectivity index is 0.00000169. The van der Waals surface area contributed by atoms with Crippen LogP contribution in [0.3, 0.4) is 0 Å². The van der Waals surface area contributed by atoms with Crippen molar-refractivity contribution >= 4 is 18.2 Å². The third-order valence-electron chi connectivity index (χ3n) is 4.79. The van der Waals surface area contributed by atoms with Crippen LogP contribution in [0.25, 0.3) is 11.1 Å². The van der Waals surface area contributed by atoms with Crippen LogP contribution in [0.5, 0.6) is 0 Å². The van der Waals surface area contributed by atoms with Crippen molar-refractivity contribution in [2.24, 2.45) is 0 Å². The van der Waals surface area contributed by atoms with Gasteiger partial charge < -0.3 is 4.98 Å². The van der Waals surface area contributed by atoms with Crippen LogP contribution in [0.1, 0.15) is 41.2 Å². The summed E-state index contributed by atoms with van der Waals surface area (Å²) in [6.07, 6.45) is 3.72. The lowest BCUT2D eigenvalue weighted by molar-refractivity contribution is 0.0991. The number of aromatic amines is 1. The maximum absolute atomic E-state index is 12.5. The lowest BCUT2D eigenvalue weighted by atomic mass is 9.82. The highest BCUT2D eigenvalue weighted by Crippen LogP contribution is 2.48. The molecule has 0 saturated heterocycles. The van der Waals surface area contributed by atoms with Gasteiger partial charge in [-0.15, -0.1) is 12.4 Å². The van der Waals surface area contributed by atoms with Crippen LogP contribution in [0, 0.1) is 0 Å². The summed E-state index contributed by atoms with van der Waals surface area (Å²) in [5, 5.41) is 0. The second-order valence-corrected chi connectivity index (χ2v) is 6.57. The first-order valence-corrected chi connectivity index (χ1v) is 7.83. The average Bonchev–Trinajstić information content (AvgIpc) is 3.14. The van der Waals surface area contributed by atoms with Crippen LogP contribution in [-0.4, -0.2) is 15.8 Å². The molecule has 0 radical (unpaired) electrons. The van der Waals surface area contributed by atoms with Crippen molar-refractivity contribution in [3.8, 4) is 11.1 Å². The Hall–Kier alpha value is -2.39. The highest BCUT2D eigenvalue weighted by Gasteiger charge is 2.35. The number of imidazole rings is 1. The van der Waals surface area contributed by atoms with Crippen molar-refractivity contribution in [1.82, 2.24) is 9.97 Å². The van der Waals surface area contributed by atoms with Gasteiger partial charge in [-0.25, -0.2) is 4.98 Å². The number of rotatable bonds is 3. The number of carbonyl (C=O) groups is 1. The summed E-state index contributed by atoms with van der Waals surface area (Å²) in [6.45, 7) is 4.44. The molecule has 1 aliphatic carbocycles. The molecule has 4 heteroatoms. The third kappa shape index (κ3) is 2.45. The zero-order valence-corrected chi connectivity index (χ0v) is 14.5. The van der Waals surface area contributed by atoms with Crippen LogP contribution >= 0.6 is 12.4 Å². The van der Waals surface area contributed by atoms with E-state index in [1.54, 1.807) is 12.4 Å². The lowest BCUT2D eigenvalue weighted by Crippen LogP contribution is -2.16. The van der Waals surface area contributed by atoms with Crippen molar-refractivity contribution < 1.29 is 4.79 Å². The molecule has 0 unspecified atom stereocenters. The molecule has 1 N–H and O–H groups in total. The van der Waals surface area contributed by atoms with Gasteiger partial charge in [-0.2, -0.15) is 0 Å². The number of aromatic nitrogens is 2. The normalized spacial score (nSPS) is 13.8. The van der Waals surface area contributed by atoms with E-state index in [-0.39, 0.29) is 23.6 Å². The number of fused-ring (bicyclic) bond motifs is 3. The van der Waals surface area contributed by atoms with Gasteiger partial charge in [-0.05, 0) is 28.3 Å². The fraction of sp³-hybridized carbons (Fsp3) is 0.200. The number of hydrogen-bond donors (Lipinski definition) is 1. The maximum atomic E-state index is 12.5. The standard InChI is InChI=1S/C20H18N2O.ClH/c1-20(2)16-6-4-3-5-14(16)15-8-7-13(11-17(15)20)18(23)12-19-21-9-10-22-19;/h3-11H,12H2,1-2H3,(H,21,22);1H. The summed E-state index contributed by atoms with van der Waals surface area (Å²) >= 11 is 0. The molecule has 0 saturated carbocycles. The van der Waals surface area contributed by atoms with Crippen LogP contribution in [0.4, 0.5) is 0 Å². The van der Waals surface area contributed by atoms with Crippen LogP contribution < -0.4 is 0 Å². The predicted molar refractivity (Wildman–Crippen MR) is 97.9 cm³/mol. The quantitative estimate of drug-likeness (QED) is 0.711. The molecule has 0 fully saturated rings. The monoisotopic (exact) mass is 338 g/mol. The molecule has 0 aliphatic heterocycles. The van der Waals surface area contributed by atoms with E-state index in [1.165, 1.54) is 22.3 Å². The minimum absolute atomic E-state index is 0. The van der Waals surface area contributed by atoms with E-state index in [0.717, 1.165) is 5.56 Å². The van der Waals surface area contributed by atoms with Crippen LogP contribution in [-0.2, 0) is 11.8 Å². The molecule has 0 spiro atoms. The number of halogens is 1. The largest absolute Gasteiger partial charge is 0.348 e. The van der Waals surface area contributed by atoms with Gasteiger partial charge in [0.2, 0.25) is 0 Å². The number of carbonyl (C=O) groups excluding carboxylic acids is 1. The van der Waals surface area contributed by atoms with Crippen molar-refractivity contribution in [1.29, 1.82) is 0 Å². The molecule has 1 heterocycles. The smallest absolute Gasteiger partial charge is 0.170 e. The second-order valence-electron chi connectivity index (χ2n) is 6.57. The summed E-state index contributed by atoms with van der Waals surface area (Å²) in [6, 6.07) is 14.6. The first-order chi connectivity index (χ1) is 11.1. The molecular formula is C20H19ClN2O. The van der Waals surface area contributed by atoms with Gasteiger partial charge >= 0.3 is 0 Å². The number of hydrogen-bond acceptors (Lipinski definition) is 2. The number of nitrogens with one attached hydrogen (secondary N) is 1. The highest BCUT2D eigenvalue weighted by atomic mass is 35.5. The SMILES string of the molecule is CC1(C)c2ccccc2-c2ccc(C(=O)Cc3ncc[nH]3)cc21.Cl. The van der Waals surface area contributed by atoms with Gasteiger partial charge in [-0.3, -0.25) is 4.79 Å². The molecule has 1 aromatic heterocycles. The lowest BCUT2D eigenvalue weighted by Gasteiger charge is -2.21. The maximum Gasteiger partial charge on any atom is 0.170 e. The number of nitrogens with zero attached hydrogens (tertiary/aromatic N) is 1. The summed E-state index contributed by atoms with van der Waals surface area (Å²) in [7, 11) is 0. The molecule has 4 rings (SSSR count). The van der Waals surface area contributed by atoms with Gasteiger partial charge in [0.25, 0.3) is 0 Å². The predicted octanol–water partition coefficient (Wildman–Crippen LogP) is 4.56. The fourth-order valence-corrected chi connectivity index (χ4v) is 3.53. The highest BCUT2D eigenvalue weighted by molar-refractivity contribution is 5.98. The third-order valence-corrected chi connectivity index (χ3v) is 4.79. The van der Waals surface area contributed by atoms with E-state index < -0.39 is 0 Å². The molecular weight excluding hydrogens is 320 g/mol. The molecule has 1 aliphatic rings. The molecule has 0 bridgehead atoms. The Bertz CT molecular complexity index is 898. The van der Waals surface area contributed by atoms with Gasteiger partial charge in [0.1, 0.15) is 5.82 Å². The minimum atomic E-state index is -0.0765. The number of H-pyrrole nitrogens is 1. The van der Waals surface area contributed by atoms with Gasteiger partial charge in [0.15, 0.2) is 5.78 Å². The first-order valence-electron chi connectivity index (χ1n) is 7.83. The zero-order valence-electron chi connectivity index (χ0n) is 13.7. The summed E-state index contributed by atoms with van der Waals surface area (Å²) in [4.78, 5) is 19.7. The molecule has 3 aromatic rings. The van der Waals surface area contributed by atoms with E-state index in [2.05, 4.69) is 60.2 Å². The van der Waals surface area contributed by atoms with Gasteiger partial charge in [0.05, 0.1) is 6.42 Å². The van der Waals surface area contributed by atoms with Crippen molar-refractivity contribution in [2.45, 2.75) is 25.7 Å². The molecule has 24 heavy (non-hydrogen) atoms. The second kappa shape index (κ2) is 5.91. The molecule has 2 aromatic carbocycles. The molecule has 0 atom stereocenters. The van der Waals surface area contributed by atoms with Crippen molar-refractivity contribution in [3.05, 3.63) is 77.4 Å². The Kier molecular flexibility index (Phi) is 4.06. The topological polar surface area (TPSA) is 45.8 Å². The molecule has 122 valence electrons. The van der Waals surface area contributed by atoms with Gasteiger partial charge in [-0.1, -0.05) is 50.2 Å². The Morgan fingerprint density at radius 3 is 2.58 bits per heavy atom. The van der Waals surface area contributed by atoms with E-state index in [0.29, 0.717) is 12.2 Å². The van der Waals surface area contributed by atoms with Crippen molar-refractivity contribution in [3.63, 3.8) is 0 Å². The number of benzene rings is 2. The number of ketones is 1. The van der Waals surface area contributed by atoms with E-state index in [1.807, 2.05) is 6.07 Å². The van der Waals surface area contributed by atoms with Crippen LogP contribution in [0.2, 0.25) is 0 Å². The Morgan fingerprint density at radius 2 is 1.83 bits per heavy atom. The summed E-state index contributed by atoms with van der Waals surface area (Å²) in [5.41, 5.74) is 5.74. The summed E-state index contributed by atoms with van der Waals surface area (Å²) < 4.78 is 0. The molecule has 3 nitrogen and oxygen atoms in total. The van der Waals surface area contributed by atoms with Crippen LogP contribution in [0.15, 0.2) is 54.9 Å². The fourth-order valence-electron chi connectivity index (χ4n) is 3.53. The van der Waals surface area contributed by atoms with E-state index in [4.69, 9.17) is 0 Å².